The number of hydrogen-bond acceptors (Lipinski definition) is 7. The maximum absolute atomic E-state index is 12.2. The number of carbonyl (C=O) groups excluding carboxylic acids is 2. The molecule has 2 aromatic rings. The lowest BCUT2D eigenvalue weighted by Crippen LogP contribution is -2.17. The van der Waals surface area contributed by atoms with Gasteiger partial charge in [-0.05, 0) is 32.0 Å². The van der Waals surface area contributed by atoms with E-state index in [1.165, 1.54) is 13.0 Å². The summed E-state index contributed by atoms with van der Waals surface area (Å²) in [5, 5.41) is 12.5. The number of benzene rings is 1. The van der Waals surface area contributed by atoms with Crippen LogP contribution >= 0.6 is 11.8 Å². The summed E-state index contributed by atoms with van der Waals surface area (Å²) in [7, 11) is 0. The van der Waals surface area contributed by atoms with Crippen LogP contribution < -0.4 is 14.8 Å². The fourth-order valence-corrected chi connectivity index (χ4v) is 3.38. The van der Waals surface area contributed by atoms with Gasteiger partial charge in [-0.2, -0.15) is 5.26 Å². The van der Waals surface area contributed by atoms with Gasteiger partial charge in [0.25, 0.3) is 0 Å². The monoisotopic (exact) mass is 383 g/mol. The lowest BCUT2D eigenvalue weighted by atomic mass is 10.1. The zero-order chi connectivity index (χ0) is 19.4. The van der Waals surface area contributed by atoms with Gasteiger partial charge in [-0.1, -0.05) is 11.8 Å². The number of ketones is 1. The summed E-state index contributed by atoms with van der Waals surface area (Å²) in [5.41, 5.74) is 1.83. The summed E-state index contributed by atoms with van der Waals surface area (Å²) in [6, 6.07) is 8.74. The molecule has 0 bridgehead atoms. The summed E-state index contributed by atoms with van der Waals surface area (Å²) in [6.07, 6.45) is 0. The van der Waals surface area contributed by atoms with Gasteiger partial charge in [0.1, 0.15) is 24.3 Å². The highest BCUT2D eigenvalue weighted by Crippen LogP contribution is 2.32. The number of pyridine rings is 1. The van der Waals surface area contributed by atoms with Crippen LogP contribution in [-0.4, -0.2) is 35.6 Å². The van der Waals surface area contributed by atoms with E-state index in [0.717, 1.165) is 11.8 Å². The summed E-state index contributed by atoms with van der Waals surface area (Å²) in [6.45, 7) is 4.11. The van der Waals surface area contributed by atoms with Crippen molar-refractivity contribution in [3.63, 3.8) is 0 Å². The van der Waals surface area contributed by atoms with Gasteiger partial charge in [0.15, 0.2) is 17.3 Å². The number of hydrogen-bond donors (Lipinski definition) is 1. The van der Waals surface area contributed by atoms with E-state index in [1.54, 1.807) is 25.1 Å². The number of fused-ring (bicyclic) bond motifs is 1. The van der Waals surface area contributed by atoms with Crippen LogP contribution in [0.4, 0.5) is 5.69 Å². The van der Waals surface area contributed by atoms with Gasteiger partial charge in [-0.25, -0.2) is 4.98 Å². The van der Waals surface area contributed by atoms with Crippen molar-refractivity contribution in [3.05, 3.63) is 41.1 Å². The van der Waals surface area contributed by atoms with Gasteiger partial charge in [-0.3, -0.25) is 9.59 Å². The highest BCUT2D eigenvalue weighted by molar-refractivity contribution is 8.00. The number of nitrogens with zero attached hydrogens (tertiary/aromatic N) is 2. The van der Waals surface area contributed by atoms with E-state index in [9.17, 15) is 14.9 Å². The molecule has 1 aromatic heterocycles. The Kier molecular flexibility index (Phi) is 5.62. The van der Waals surface area contributed by atoms with Crippen LogP contribution in [0.1, 0.15) is 28.5 Å². The van der Waals surface area contributed by atoms with E-state index in [1.807, 2.05) is 6.07 Å². The van der Waals surface area contributed by atoms with Crippen molar-refractivity contribution in [3.8, 4) is 17.6 Å². The second-order valence-corrected chi connectivity index (χ2v) is 6.80. The molecule has 8 heteroatoms. The quantitative estimate of drug-likeness (QED) is 0.625. The number of Topliss-reactive ketones (excluding diaryl/α,β-unsaturated/α-hetero) is 1. The molecule has 27 heavy (non-hydrogen) atoms. The topological polar surface area (TPSA) is 101 Å². The average Bonchev–Trinajstić information content (AvgIpc) is 2.66. The number of nitriles is 1. The molecule has 1 N–H and O–H groups in total. The number of amides is 1. The average molecular weight is 383 g/mol. The number of aryl methyl sites for hydroxylation is 1. The van der Waals surface area contributed by atoms with Crippen molar-refractivity contribution < 1.29 is 19.1 Å². The van der Waals surface area contributed by atoms with Crippen LogP contribution in [-0.2, 0) is 4.79 Å². The second-order valence-electron chi connectivity index (χ2n) is 5.84. The van der Waals surface area contributed by atoms with Crippen molar-refractivity contribution in [1.29, 1.82) is 5.26 Å². The molecule has 0 unspecified atom stereocenters. The molecule has 1 amide bonds. The molecule has 1 aliphatic rings. The summed E-state index contributed by atoms with van der Waals surface area (Å²) in [5.74, 6) is 0.933. The maximum atomic E-state index is 12.2. The fourth-order valence-electron chi connectivity index (χ4n) is 2.58. The highest BCUT2D eigenvalue weighted by atomic mass is 32.2. The predicted molar refractivity (Wildman–Crippen MR) is 100 cm³/mol. The van der Waals surface area contributed by atoms with Crippen molar-refractivity contribution in [2.24, 2.45) is 0 Å². The summed E-state index contributed by atoms with van der Waals surface area (Å²) in [4.78, 5) is 28.1. The molecule has 0 aliphatic carbocycles. The first-order valence-electron chi connectivity index (χ1n) is 8.23. The number of anilines is 1. The van der Waals surface area contributed by atoms with E-state index in [-0.39, 0.29) is 23.0 Å². The highest BCUT2D eigenvalue weighted by Gasteiger charge is 2.15. The van der Waals surface area contributed by atoms with Crippen LogP contribution in [0.25, 0.3) is 0 Å². The molecule has 2 heterocycles. The third-order valence-corrected chi connectivity index (χ3v) is 4.83. The second kappa shape index (κ2) is 8.10. The zero-order valence-electron chi connectivity index (χ0n) is 14.9. The molecular weight excluding hydrogens is 366 g/mol. The Hall–Kier alpha value is -3.05. The molecule has 0 saturated carbocycles. The van der Waals surface area contributed by atoms with E-state index in [2.05, 4.69) is 10.3 Å². The maximum Gasteiger partial charge on any atom is 0.234 e. The van der Waals surface area contributed by atoms with Gasteiger partial charge in [0.05, 0.1) is 11.3 Å². The van der Waals surface area contributed by atoms with Crippen LogP contribution in [0.15, 0.2) is 29.3 Å². The molecule has 0 spiro atoms. The van der Waals surface area contributed by atoms with Crippen molar-refractivity contribution in [2.45, 2.75) is 18.9 Å². The van der Waals surface area contributed by atoms with E-state index >= 15 is 0 Å². The van der Waals surface area contributed by atoms with Crippen LogP contribution in [0.5, 0.6) is 11.5 Å². The summed E-state index contributed by atoms with van der Waals surface area (Å²) >= 11 is 1.15. The third kappa shape index (κ3) is 4.38. The Morgan fingerprint density at radius 2 is 2.00 bits per heavy atom. The Morgan fingerprint density at radius 3 is 2.70 bits per heavy atom. The number of aromatic nitrogens is 1. The minimum Gasteiger partial charge on any atom is -0.486 e. The Morgan fingerprint density at radius 1 is 1.26 bits per heavy atom. The molecule has 0 atom stereocenters. The van der Waals surface area contributed by atoms with Gasteiger partial charge < -0.3 is 14.8 Å². The van der Waals surface area contributed by atoms with Gasteiger partial charge in [0.2, 0.25) is 5.91 Å². The van der Waals surface area contributed by atoms with E-state index in [0.29, 0.717) is 46.7 Å². The molecule has 7 nitrogen and oxygen atoms in total. The standard InChI is InChI=1S/C19H17N3O4S/c1-11-15(12(2)23)7-13(9-20)19(21-11)27-10-18(24)22-14-3-4-16-17(8-14)26-6-5-25-16/h3-4,7-8H,5-6,10H2,1-2H3,(H,22,24). The third-order valence-electron chi connectivity index (χ3n) is 3.84. The summed E-state index contributed by atoms with van der Waals surface area (Å²) < 4.78 is 10.9. The molecule has 0 radical (unpaired) electrons. The number of rotatable bonds is 5. The molecule has 1 aliphatic heterocycles. The molecule has 0 fully saturated rings. The minimum atomic E-state index is -0.240. The number of thioether (sulfide) groups is 1. The van der Waals surface area contributed by atoms with Crippen molar-refractivity contribution in [1.82, 2.24) is 4.98 Å². The molecule has 0 saturated heterocycles. The largest absolute Gasteiger partial charge is 0.486 e. The van der Waals surface area contributed by atoms with Gasteiger partial charge in [0, 0.05) is 23.0 Å². The van der Waals surface area contributed by atoms with Crippen LogP contribution in [0.2, 0.25) is 0 Å². The van der Waals surface area contributed by atoms with E-state index in [4.69, 9.17) is 9.47 Å². The number of carbonyl (C=O) groups is 2. The van der Waals surface area contributed by atoms with Crippen LogP contribution in [0, 0.1) is 18.3 Å². The Bertz CT molecular complexity index is 953. The molecule has 1 aromatic carbocycles. The predicted octanol–water partition coefficient (Wildman–Crippen LogP) is 2.97. The fraction of sp³-hybridized carbons (Fsp3) is 0.263. The molecule has 138 valence electrons. The van der Waals surface area contributed by atoms with Crippen LogP contribution in [0.3, 0.4) is 0 Å². The zero-order valence-corrected chi connectivity index (χ0v) is 15.7. The smallest absolute Gasteiger partial charge is 0.234 e. The molecule has 3 rings (SSSR count). The lowest BCUT2D eigenvalue weighted by molar-refractivity contribution is -0.113. The lowest BCUT2D eigenvalue weighted by Gasteiger charge is -2.19. The minimum absolute atomic E-state index is 0.0784. The Balaban J connectivity index is 1.66. The Labute approximate surface area is 160 Å². The SMILES string of the molecule is CC(=O)c1cc(C#N)c(SCC(=O)Nc2ccc3c(c2)OCCO3)nc1C. The van der Waals surface area contributed by atoms with Crippen molar-refractivity contribution >= 4 is 29.1 Å². The number of ether oxygens (including phenoxy) is 2. The molecular formula is C19H17N3O4S. The first-order valence-corrected chi connectivity index (χ1v) is 9.21. The first kappa shape index (κ1) is 18.7. The normalized spacial score (nSPS) is 12.2. The van der Waals surface area contributed by atoms with E-state index < -0.39 is 0 Å². The number of nitrogens with one attached hydrogen (secondary N) is 1. The van der Waals surface area contributed by atoms with Gasteiger partial charge >= 0.3 is 0 Å². The van der Waals surface area contributed by atoms with Crippen molar-refractivity contribution in [2.75, 3.05) is 24.3 Å². The first-order chi connectivity index (χ1) is 13.0. The van der Waals surface area contributed by atoms with Gasteiger partial charge in [-0.15, -0.1) is 0 Å².